The standard InChI is InChI=1S/C15H14F3N5S/c1-7-5-10(12-8(2)22-23(4)9(12)3)20-13(19-7)14-21-11(6-24-14)15(16,17)18/h5-6H,1-4H3. The van der Waals surface area contributed by atoms with Crippen LogP contribution in [0.2, 0.25) is 0 Å². The number of aryl methyl sites for hydroxylation is 3. The summed E-state index contributed by atoms with van der Waals surface area (Å²) in [5, 5.41) is 5.47. The zero-order valence-electron chi connectivity index (χ0n) is 13.4. The number of hydrogen-bond acceptors (Lipinski definition) is 5. The second-order valence-electron chi connectivity index (χ2n) is 5.42. The first-order valence-corrected chi connectivity index (χ1v) is 7.94. The number of rotatable bonds is 2. The average molecular weight is 353 g/mol. The maximum absolute atomic E-state index is 12.7. The fourth-order valence-electron chi connectivity index (χ4n) is 2.44. The van der Waals surface area contributed by atoms with E-state index >= 15 is 0 Å². The smallest absolute Gasteiger partial charge is 0.272 e. The van der Waals surface area contributed by atoms with Crippen molar-refractivity contribution in [3.63, 3.8) is 0 Å². The van der Waals surface area contributed by atoms with Crippen LogP contribution in [-0.2, 0) is 13.2 Å². The normalized spacial score (nSPS) is 12.0. The molecule has 0 aromatic carbocycles. The number of aromatic nitrogens is 5. The third-order valence-electron chi connectivity index (χ3n) is 3.61. The average Bonchev–Trinajstić information content (AvgIpc) is 3.04. The Morgan fingerprint density at radius 3 is 2.33 bits per heavy atom. The molecule has 0 atom stereocenters. The van der Waals surface area contributed by atoms with Gasteiger partial charge < -0.3 is 0 Å². The zero-order valence-corrected chi connectivity index (χ0v) is 14.2. The van der Waals surface area contributed by atoms with Crippen LogP contribution in [0.15, 0.2) is 11.4 Å². The van der Waals surface area contributed by atoms with Crippen molar-refractivity contribution in [2.24, 2.45) is 7.05 Å². The monoisotopic (exact) mass is 353 g/mol. The van der Waals surface area contributed by atoms with Gasteiger partial charge in [-0.15, -0.1) is 11.3 Å². The highest BCUT2D eigenvalue weighted by atomic mass is 32.1. The third-order valence-corrected chi connectivity index (χ3v) is 4.44. The minimum atomic E-state index is -4.47. The molecule has 0 bridgehead atoms. The van der Waals surface area contributed by atoms with Crippen molar-refractivity contribution in [2.75, 3.05) is 0 Å². The number of halogens is 3. The molecule has 0 unspecified atom stereocenters. The lowest BCUT2D eigenvalue weighted by molar-refractivity contribution is -0.140. The van der Waals surface area contributed by atoms with Crippen LogP contribution in [0.5, 0.6) is 0 Å². The summed E-state index contributed by atoms with van der Waals surface area (Å²) in [5.41, 5.74) is 2.94. The summed E-state index contributed by atoms with van der Waals surface area (Å²) in [6.07, 6.45) is -4.47. The molecule has 0 saturated carbocycles. The Labute approximate surface area is 140 Å². The molecule has 3 aromatic rings. The quantitative estimate of drug-likeness (QED) is 0.700. The van der Waals surface area contributed by atoms with Crippen LogP contribution >= 0.6 is 11.3 Å². The van der Waals surface area contributed by atoms with E-state index in [0.29, 0.717) is 11.4 Å². The van der Waals surface area contributed by atoms with E-state index in [9.17, 15) is 13.2 Å². The summed E-state index contributed by atoms with van der Waals surface area (Å²) in [7, 11) is 1.83. The van der Waals surface area contributed by atoms with Crippen molar-refractivity contribution in [3.8, 4) is 22.1 Å². The van der Waals surface area contributed by atoms with E-state index in [1.54, 1.807) is 17.7 Å². The van der Waals surface area contributed by atoms with E-state index in [1.807, 2.05) is 20.9 Å². The molecular formula is C15H14F3N5S. The maximum Gasteiger partial charge on any atom is 0.434 e. The van der Waals surface area contributed by atoms with Crippen LogP contribution in [-0.4, -0.2) is 24.7 Å². The Kier molecular flexibility index (Phi) is 3.90. The molecule has 3 aromatic heterocycles. The van der Waals surface area contributed by atoms with Gasteiger partial charge in [-0.05, 0) is 26.8 Å². The van der Waals surface area contributed by atoms with Crippen molar-refractivity contribution < 1.29 is 13.2 Å². The van der Waals surface area contributed by atoms with Crippen LogP contribution in [0.1, 0.15) is 22.8 Å². The van der Waals surface area contributed by atoms with Crippen molar-refractivity contribution in [3.05, 3.63) is 34.2 Å². The minimum absolute atomic E-state index is 0.145. The highest BCUT2D eigenvalue weighted by molar-refractivity contribution is 7.13. The summed E-state index contributed by atoms with van der Waals surface area (Å²) < 4.78 is 40.0. The lowest BCUT2D eigenvalue weighted by atomic mass is 10.1. The Balaban J connectivity index is 2.12. The lowest BCUT2D eigenvalue weighted by Crippen LogP contribution is -2.05. The van der Waals surface area contributed by atoms with Gasteiger partial charge in [0.15, 0.2) is 16.5 Å². The summed E-state index contributed by atoms with van der Waals surface area (Å²) in [5.74, 6) is 0.188. The van der Waals surface area contributed by atoms with Gasteiger partial charge in [0, 0.05) is 29.4 Å². The van der Waals surface area contributed by atoms with E-state index in [-0.39, 0.29) is 10.8 Å². The molecule has 3 heterocycles. The highest BCUT2D eigenvalue weighted by Crippen LogP contribution is 2.33. The lowest BCUT2D eigenvalue weighted by Gasteiger charge is -2.05. The first-order valence-electron chi connectivity index (χ1n) is 7.06. The predicted molar refractivity (Wildman–Crippen MR) is 84.6 cm³/mol. The van der Waals surface area contributed by atoms with Crippen molar-refractivity contribution in [2.45, 2.75) is 26.9 Å². The first-order chi connectivity index (χ1) is 11.2. The van der Waals surface area contributed by atoms with Gasteiger partial charge in [-0.2, -0.15) is 18.3 Å². The summed E-state index contributed by atoms with van der Waals surface area (Å²) in [6, 6.07) is 1.79. The number of thiazole rings is 1. The summed E-state index contributed by atoms with van der Waals surface area (Å²) >= 11 is 0.879. The number of alkyl halides is 3. The third kappa shape index (κ3) is 2.91. The van der Waals surface area contributed by atoms with Crippen LogP contribution in [0.4, 0.5) is 13.2 Å². The molecule has 0 aliphatic rings. The Hall–Kier alpha value is -2.29. The highest BCUT2D eigenvalue weighted by Gasteiger charge is 2.34. The van der Waals surface area contributed by atoms with Gasteiger partial charge >= 0.3 is 6.18 Å². The van der Waals surface area contributed by atoms with E-state index in [2.05, 4.69) is 20.1 Å². The molecule has 126 valence electrons. The molecule has 24 heavy (non-hydrogen) atoms. The second-order valence-corrected chi connectivity index (χ2v) is 6.28. The van der Waals surface area contributed by atoms with Gasteiger partial charge in [0.2, 0.25) is 0 Å². The topological polar surface area (TPSA) is 56.5 Å². The molecule has 0 amide bonds. The van der Waals surface area contributed by atoms with Crippen LogP contribution in [0.25, 0.3) is 22.1 Å². The van der Waals surface area contributed by atoms with Crippen molar-refractivity contribution in [1.82, 2.24) is 24.7 Å². The maximum atomic E-state index is 12.7. The van der Waals surface area contributed by atoms with Crippen molar-refractivity contribution in [1.29, 1.82) is 0 Å². The summed E-state index contributed by atoms with van der Waals surface area (Å²) in [4.78, 5) is 12.3. The molecule has 0 fully saturated rings. The molecule has 0 aliphatic carbocycles. The molecular weight excluding hydrogens is 339 g/mol. The molecule has 0 radical (unpaired) electrons. The predicted octanol–water partition coefficient (Wildman–Crippen LogP) is 3.94. The van der Waals surface area contributed by atoms with E-state index in [1.165, 1.54) is 0 Å². The number of hydrogen-bond donors (Lipinski definition) is 0. The molecule has 5 nitrogen and oxygen atoms in total. The fourth-order valence-corrected chi connectivity index (χ4v) is 3.20. The molecule has 9 heteroatoms. The molecule has 0 N–H and O–H groups in total. The Morgan fingerprint density at radius 2 is 1.79 bits per heavy atom. The zero-order chi connectivity index (χ0) is 17.6. The van der Waals surface area contributed by atoms with Gasteiger partial charge in [0.05, 0.1) is 11.4 Å². The molecule has 0 aliphatic heterocycles. The first kappa shape index (κ1) is 16.6. The van der Waals surface area contributed by atoms with Gasteiger partial charge in [-0.25, -0.2) is 15.0 Å². The minimum Gasteiger partial charge on any atom is -0.272 e. The van der Waals surface area contributed by atoms with Gasteiger partial charge in [-0.3, -0.25) is 4.68 Å². The van der Waals surface area contributed by atoms with E-state index in [4.69, 9.17) is 0 Å². The fraction of sp³-hybridized carbons (Fsp3) is 0.333. The number of nitrogens with zero attached hydrogens (tertiary/aromatic N) is 5. The summed E-state index contributed by atoms with van der Waals surface area (Å²) in [6.45, 7) is 5.55. The van der Waals surface area contributed by atoms with E-state index in [0.717, 1.165) is 33.7 Å². The van der Waals surface area contributed by atoms with Gasteiger partial charge in [0.1, 0.15) is 0 Å². The largest absolute Gasteiger partial charge is 0.434 e. The van der Waals surface area contributed by atoms with Crippen LogP contribution in [0.3, 0.4) is 0 Å². The van der Waals surface area contributed by atoms with Gasteiger partial charge in [-0.1, -0.05) is 0 Å². The molecule has 0 spiro atoms. The van der Waals surface area contributed by atoms with Gasteiger partial charge in [0.25, 0.3) is 0 Å². The van der Waals surface area contributed by atoms with Crippen LogP contribution in [0, 0.1) is 20.8 Å². The van der Waals surface area contributed by atoms with Crippen molar-refractivity contribution >= 4 is 11.3 Å². The Morgan fingerprint density at radius 1 is 1.08 bits per heavy atom. The van der Waals surface area contributed by atoms with Crippen LogP contribution < -0.4 is 0 Å². The molecule has 0 saturated heterocycles. The second kappa shape index (κ2) is 5.66. The Bertz CT molecular complexity index is 910. The molecule has 3 rings (SSSR count). The SMILES string of the molecule is Cc1cc(-c2c(C)nn(C)c2C)nc(-c2nc(C(F)(F)F)cs2)n1. The van der Waals surface area contributed by atoms with E-state index < -0.39 is 11.9 Å².